The summed E-state index contributed by atoms with van der Waals surface area (Å²) in [5.41, 5.74) is 6.83. The van der Waals surface area contributed by atoms with Crippen molar-refractivity contribution in [1.29, 1.82) is 0 Å². The second-order valence-corrected chi connectivity index (χ2v) is 8.65. The van der Waals surface area contributed by atoms with Crippen LogP contribution in [0.3, 0.4) is 0 Å². The summed E-state index contributed by atoms with van der Waals surface area (Å²) < 4.78 is 15.0. The van der Waals surface area contributed by atoms with E-state index >= 15 is 0 Å². The van der Waals surface area contributed by atoms with Gasteiger partial charge in [-0.05, 0) is 43.9 Å². The molecule has 7 nitrogen and oxygen atoms in total. The number of rotatable bonds is 5. The SMILES string of the molecule is CN=C(N)NC1CCN(S(=O)c2cccc(N3CCC(C=O)CC3)c2)CC1. The Morgan fingerprint density at radius 3 is 2.56 bits per heavy atom. The molecule has 2 aliphatic rings. The van der Waals surface area contributed by atoms with Gasteiger partial charge in [0, 0.05) is 50.9 Å². The van der Waals surface area contributed by atoms with Gasteiger partial charge in [0.15, 0.2) is 5.96 Å². The fraction of sp³-hybridized carbons (Fsp3) is 0.579. The summed E-state index contributed by atoms with van der Waals surface area (Å²) in [5, 5.41) is 3.20. The smallest absolute Gasteiger partial charge is 0.188 e. The number of carbonyl (C=O) groups excluding carboxylic acids is 1. The van der Waals surface area contributed by atoms with E-state index in [0.29, 0.717) is 5.96 Å². The number of aliphatic imine (C=N–C) groups is 1. The van der Waals surface area contributed by atoms with Gasteiger partial charge in [-0.3, -0.25) is 4.99 Å². The molecule has 3 N–H and O–H groups in total. The highest BCUT2D eigenvalue weighted by Gasteiger charge is 2.25. The number of nitrogens with one attached hydrogen (secondary N) is 1. The molecule has 1 unspecified atom stereocenters. The van der Waals surface area contributed by atoms with Crippen molar-refractivity contribution in [2.45, 2.75) is 36.6 Å². The molecule has 27 heavy (non-hydrogen) atoms. The van der Waals surface area contributed by atoms with Crippen LogP contribution in [0.4, 0.5) is 5.69 Å². The number of nitrogens with zero attached hydrogens (tertiary/aromatic N) is 3. The minimum absolute atomic E-state index is 0.181. The van der Waals surface area contributed by atoms with Crippen LogP contribution >= 0.6 is 0 Å². The third-order valence-corrected chi connectivity index (χ3v) is 6.89. The summed E-state index contributed by atoms with van der Waals surface area (Å²) in [4.78, 5) is 18.0. The highest BCUT2D eigenvalue weighted by molar-refractivity contribution is 7.82. The molecule has 148 valence electrons. The molecular formula is C19H29N5O2S. The van der Waals surface area contributed by atoms with Crippen LogP contribution in [0.5, 0.6) is 0 Å². The lowest BCUT2D eigenvalue weighted by Gasteiger charge is -2.33. The standard InChI is InChI=1S/C19H29N5O2S/c1-21-19(20)22-16-7-11-24(12-8-16)27(26)18-4-2-3-17(13-18)23-9-5-15(14-25)6-10-23/h2-4,13-16H,5-12H2,1H3,(H3,20,21,22). The fourth-order valence-corrected chi connectivity index (χ4v) is 4.93. The Balaban J connectivity index is 1.59. The van der Waals surface area contributed by atoms with Crippen molar-refractivity contribution in [3.05, 3.63) is 24.3 Å². The van der Waals surface area contributed by atoms with Crippen LogP contribution < -0.4 is 16.0 Å². The number of guanidine groups is 1. The number of hydrogen-bond acceptors (Lipinski definition) is 4. The number of nitrogens with two attached hydrogens (primary N) is 1. The number of benzene rings is 1. The van der Waals surface area contributed by atoms with Crippen molar-refractivity contribution in [2.24, 2.45) is 16.6 Å². The van der Waals surface area contributed by atoms with Gasteiger partial charge in [0.1, 0.15) is 17.3 Å². The molecule has 2 saturated heterocycles. The van der Waals surface area contributed by atoms with Gasteiger partial charge in [-0.2, -0.15) is 0 Å². The van der Waals surface area contributed by atoms with Crippen LogP contribution in [0.15, 0.2) is 34.2 Å². The van der Waals surface area contributed by atoms with Crippen LogP contribution in [0.1, 0.15) is 25.7 Å². The zero-order valence-corrected chi connectivity index (χ0v) is 16.7. The summed E-state index contributed by atoms with van der Waals surface area (Å²) in [6.45, 7) is 3.26. The number of carbonyl (C=O) groups is 1. The van der Waals surface area contributed by atoms with Crippen LogP contribution in [-0.4, -0.2) is 60.0 Å². The van der Waals surface area contributed by atoms with Crippen molar-refractivity contribution in [3.8, 4) is 0 Å². The van der Waals surface area contributed by atoms with E-state index in [1.54, 1.807) is 7.05 Å². The van der Waals surface area contributed by atoms with Gasteiger partial charge in [-0.15, -0.1) is 0 Å². The zero-order chi connectivity index (χ0) is 19.2. The largest absolute Gasteiger partial charge is 0.371 e. The summed E-state index contributed by atoms with van der Waals surface area (Å²) >= 11 is 0. The van der Waals surface area contributed by atoms with Crippen LogP contribution in [0.25, 0.3) is 0 Å². The van der Waals surface area contributed by atoms with E-state index in [2.05, 4.69) is 21.3 Å². The minimum atomic E-state index is -1.16. The first-order valence-corrected chi connectivity index (χ1v) is 10.7. The van der Waals surface area contributed by atoms with Gasteiger partial charge in [-0.25, -0.2) is 8.51 Å². The molecule has 0 aliphatic carbocycles. The lowest BCUT2D eigenvalue weighted by atomic mass is 9.98. The second kappa shape index (κ2) is 9.32. The van der Waals surface area contributed by atoms with E-state index in [4.69, 9.17) is 5.73 Å². The lowest BCUT2D eigenvalue weighted by molar-refractivity contribution is -0.111. The van der Waals surface area contributed by atoms with Gasteiger partial charge >= 0.3 is 0 Å². The van der Waals surface area contributed by atoms with Crippen molar-refractivity contribution in [1.82, 2.24) is 9.62 Å². The molecule has 0 radical (unpaired) electrons. The Kier molecular flexibility index (Phi) is 6.84. The molecular weight excluding hydrogens is 362 g/mol. The molecule has 0 bridgehead atoms. The molecule has 0 amide bonds. The first kappa shape index (κ1) is 19.8. The molecule has 2 fully saturated rings. The van der Waals surface area contributed by atoms with Gasteiger partial charge in [0.2, 0.25) is 0 Å². The molecule has 0 spiro atoms. The lowest BCUT2D eigenvalue weighted by Crippen LogP contribution is -2.47. The average Bonchev–Trinajstić information content (AvgIpc) is 2.74. The van der Waals surface area contributed by atoms with Crippen LogP contribution in [-0.2, 0) is 15.8 Å². The average molecular weight is 392 g/mol. The third kappa shape index (κ3) is 5.07. The van der Waals surface area contributed by atoms with E-state index < -0.39 is 11.0 Å². The molecule has 1 aromatic rings. The Bertz CT molecular complexity index is 695. The third-order valence-electron chi connectivity index (χ3n) is 5.40. The van der Waals surface area contributed by atoms with E-state index in [1.165, 1.54) is 0 Å². The topological polar surface area (TPSA) is 91.0 Å². The van der Waals surface area contributed by atoms with E-state index in [9.17, 15) is 9.00 Å². The van der Waals surface area contributed by atoms with Crippen molar-refractivity contribution < 1.29 is 9.00 Å². The Morgan fingerprint density at radius 1 is 1.22 bits per heavy atom. The van der Waals surface area contributed by atoms with Gasteiger partial charge in [0.25, 0.3) is 0 Å². The highest BCUT2D eigenvalue weighted by Crippen LogP contribution is 2.25. The first-order valence-electron chi connectivity index (χ1n) is 9.56. The fourth-order valence-electron chi connectivity index (χ4n) is 3.67. The van der Waals surface area contributed by atoms with Gasteiger partial charge < -0.3 is 20.7 Å². The Hall–Kier alpha value is -1.93. The minimum Gasteiger partial charge on any atom is -0.371 e. The van der Waals surface area contributed by atoms with Gasteiger partial charge in [-0.1, -0.05) is 6.07 Å². The van der Waals surface area contributed by atoms with Gasteiger partial charge in [0.05, 0.1) is 4.90 Å². The second-order valence-electron chi connectivity index (χ2n) is 7.16. The van der Waals surface area contributed by atoms with Crippen molar-refractivity contribution >= 4 is 28.9 Å². The molecule has 8 heteroatoms. The molecule has 1 atom stereocenters. The molecule has 2 heterocycles. The van der Waals surface area contributed by atoms with E-state index in [1.807, 2.05) is 22.5 Å². The maximum absolute atomic E-state index is 13.0. The summed E-state index contributed by atoms with van der Waals surface area (Å²) in [6, 6.07) is 8.28. The molecule has 0 saturated carbocycles. The predicted molar refractivity (Wildman–Crippen MR) is 109 cm³/mol. The summed E-state index contributed by atoms with van der Waals surface area (Å²) in [5.74, 6) is 0.640. The zero-order valence-electron chi connectivity index (χ0n) is 15.8. The molecule has 1 aromatic carbocycles. The van der Waals surface area contributed by atoms with Crippen LogP contribution in [0.2, 0.25) is 0 Å². The van der Waals surface area contributed by atoms with Crippen LogP contribution in [0, 0.1) is 5.92 Å². The molecule has 2 aliphatic heterocycles. The van der Waals surface area contributed by atoms with Crippen molar-refractivity contribution in [2.75, 3.05) is 38.1 Å². The first-order chi connectivity index (χ1) is 13.1. The summed E-state index contributed by atoms with van der Waals surface area (Å²) in [7, 11) is 0.506. The highest BCUT2D eigenvalue weighted by atomic mass is 32.2. The summed E-state index contributed by atoms with van der Waals surface area (Å²) in [6.07, 6.45) is 4.63. The number of hydrogen-bond donors (Lipinski definition) is 2. The number of aldehydes is 1. The Morgan fingerprint density at radius 2 is 1.93 bits per heavy atom. The number of anilines is 1. The molecule has 0 aromatic heterocycles. The maximum Gasteiger partial charge on any atom is 0.188 e. The monoisotopic (exact) mass is 391 g/mol. The van der Waals surface area contributed by atoms with E-state index in [0.717, 1.165) is 68.7 Å². The van der Waals surface area contributed by atoms with Crippen molar-refractivity contribution in [3.63, 3.8) is 0 Å². The predicted octanol–water partition coefficient (Wildman–Crippen LogP) is 1.12. The number of piperidine rings is 2. The van der Waals surface area contributed by atoms with E-state index in [-0.39, 0.29) is 12.0 Å². The maximum atomic E-state index is 13.0. The Labute approximate surface area is 163 Å². The normalized spacial score (nSPS) is 21.8. The quantitative estimate of drug-likeness (QED) is 0.446. The molecule has 3 rings (SSSR count).